The van der Waals surface area contributed by atoms with E-state index in [1.165, 1.54) is 0 Å². The van der Waals surface area contributed by atoms with Crippen molar-refractivity contribution in [2.24, 2.45) is 0 Å². The summed E-state index contributed by atoms with van der Waals surface area (Å²) in [6, 6.07) is 13.1. The molecule has 1 fully saturated rings. The number of rotatable bonds is 4. The van der Waals surface area contributed by atoms with Gasteiger partial charge < -0.3 is 14.7 Å². The average molecular weight is 365 g/mol. The van der Waals surface area contributed by atoms with Crippen LogP contribution in [0.3, 0.4) is 0 Å². The van der Waals surface area contributed by atoms with Crippen molar-refractivity contribution < 1.29 is 19.4 Å². The third-order valence-electron chi connectivity index (χ3n) is 5.52. The largest absolute Gasteiger partial charge is 0.388 e. The number of nitrogens with zero attached hydrogens (tertiary/aromatic N) is 1. The van der Waals surface area contributed by atoms with Gasteiger partial charge in [-0.1, -0.05) is 30.3 Å². The lowest BCUT2D eigenvalue weighted by molar-refractivity contribution is 0.0520. The van der Waals surface area contributed by atoms with Crippen LogP contribution in [0.15, 0.2) is 42.5 Å². The van der Waals surface area contributed by atoms with E-state index in [0.717, 1.165) is 28.7 Å². The summed E-state index contributed by atoms with van der Waals surface area (Å²) in [6.45, 7) is 3.06. The lowest BCUT2D eigenvalue weighted by atomic mass is 9.99. The number of Topliss-reactive ketones (excluding diaryl/α,β-unsaturated/α-hetero) is 1. The third kappa shape index (κ3) is 3.29. The first-order valence-corrected chi connectivity index (χ1v) is 9.42. The highest BCUT2D eigenvalue weighted by Gasteiger charge is 2.34. The first-order chi connectivity index (χ1) is 13.1. The Bertz CT molecular complexity index is 874. The van der Waals surface area contributed by atoms with Crippen LogP contribution in [0.4, 0.5) is 0 Å². The minimum atomic E-state index is -0.637. The molecule has 2 aromatic rings. The van der Waals surface area contributed by atoms with E-state index in [9.17, 15) is 14.7 Å². The van der Waals surface area contributed by atoms with Gasteiger partial charge in [0.1, 0.15) is 0 Å². The summed E-state index contributed by atoms with van der Waals surface area (Å²) in [7, 11) is 0. The van der Waals surface area contributed by atoms with Gasteiger partial charge in [0.15, 0.2) is 5.78 Å². The molecule has 1 N–H and O–H groups in total. The van der Waals surface area contributed by atoms with E-state index in [4.69, 9.17) is 4.74 Å². The molecule has 140 valence electrons. The summed E-state index contributed by atoms with van der Waals surface area (Å²) in [5.74, 6) is 0.119. The molecule has 0 unspecified atom stereocenters. The van der Waals surface area contributed by atoms with Gasteiger partial charge in [-0.15, -0.1) is 0 Å². The molecule has 27 heavy (non-hydrogen) atoms. The lowest BCUT2D eigenvalue weighted by Crippen LogP contribution is -2.46. The molecule has 4 rings (SSSR count). The van der Waals surface area contributed by atoms with Gasteiger partial charge in [-0.25, -0.2) is 0 Å². The van der Waals surface area contributed by atoms with E-state index >= 15 is 0 Å². The van der Waals surface area contributed by atoms with E-state index in [1.807, 2.05) is 43.3 Å². The monoisotopic (exact) mass is 365 g/mol. The Labute approximate surface area is 158 Å². The first kappa shape index (κ1) is 17.9. The molecule has 0 radical (unpaired) electrons. The summed E-state index contributed by atoms with van der Waals surface area (Å²) in [4.78, 5) is 26.3. The smallest absolute Gasteiger partial charge is 0.254 e. The molecule has 1 aliphatic heterocycles. The molecular weight excluding hydrogens is 342 g/mol. The lowest BCUT2D eigenvalue weighted by Gasteiger charge is -2.28. The number of hydrogen-bond donors (Lipinski definition) is 1. The van der Waals surface area contributed by atoms with E-state index in [-0.39, 0.29) is 24.3 Å². The summed E-state index contributed by atoms with van der Waals surface area (Å²) in [6.07, 6.45) is 0.758. The van der Waals surface area contributed by atoms with Crippen LogP contribution in [0, 0.1) is 0 Å². The van der Waals surface area contributed by atoms with Crippen molar-refractivity contribution in [3.8, 4) is 11.1 Å². The van der Waals surface area contributed by atoms with Gasteiger partial charge in [-0.3, -0.25) is 9.59 Å². The summed E-state index contributed by atoms with van der Waals surface area (Å²) < 4.78 is 5.29. The van der Waals surface area contributed by atoms with Crippen molar-refractivity contribution in [3.63, 3.8) is 0 Å². The van der Waals surface area contributed by atoms with Gasteiger partial charge in [-0.2, -0.15) is 0 Å². The minimum Gasteiger partial charge on any atom is -0.388 e. The number of aryl methyl sites for hydroxylation is 1. The fourth-order valence-electron chi connectivity index (χ4n) is 3.96. The number of fused-ring (bicyclic) bond motifs is 1. The number of carbonyl (C=O) groups excluding carboxylic acids is 2. The van der Waals surface area contributed by atoms with Crippen LogP contribution < -0.4 is 0 Å². The second kappa shape index (κ2) is 7.25. The Morgan fingerprint density at radius 1 is 1.11 bits per heavy atom. The van der Waals surface area contributed by atoms with Gasteiger partial charge in [0.05, 0.1) is 25.4 Å². The molecule has 2 atom stereocenters. The number of aliphatic hydroxyl groups excluding tert-OH is 1. The summed E-state index contributed by atoms with van der Waals surface area (Å²) in [5.41, 5.74) is 4.60. The van der Waals surface area contributed by atoms with Crippen LogP contribution in [0.2, 0.25) is 0 Å². The first-order valence-electron chi connectivity index (χ1n) is 9.42. The molecule has 0 aromatic heterocycles. The van der Waals surface area contributed by atoms with Crippen LogP contribution in [-0.2, 0) is 11.2 Å². The molecule has 5 heteroatoms. The maximum Gasteiger partial charge on any atom is 0.254 e. The van der Waals surface area contributed by atoms with Gasteiger partial charge in [-0.05, 0) is 42.2 Å². The molecule has 1 amide bonds. The number of carbonyl (C=O) groups is 2. The maximum atomic E-state index is 12.9. The number of benzene rings is 2. The summed E-state index contributed by atoms with van der Waals surface area (Å²) in [5, 5.41) is 10.0. The highest BCUT2D eigenvalue weighted by Crippen LogP contribution is 2.28. The van der Waals surface area contributed by atoms with Crippen LogP contribution >= 0.6 is 0 Å². The van der Waals surface area contributed by atoms with Gasteiger partial charge in [0, 0.05) is 24.1 Å². The Morgan fingerprint density at radius 3 is 2.52 bits per heavy atom. The molecule has 0 spiro atoms. The molecular formula is C22H23NO4. The van der Waals surface area contributed by atoms with E-state index < -0.39 is 6.10 Å². The molecule has 0 saturated carbocycles. The SMILES string of the molecule is CCN(C(=O)c1ccc(-c2ccc3c(c2)CCC3=O)cc1)[C@H]1COC[C@@H]1O. The summed E-state index contributed by atoms with van der Waals surface area (Å²) >= 11 is 0. The van der Waals surface area contributed by atoms with Crippen molar-refractivity contribution in [2.75, 3.05) is 19.8 Å². The number of ether oxygens (including phenoxy) is 1. The zero-order valence-electron chi connectivity index (χ0n) is 15.4. The quantitative estimate of drug-likeness (QED) is 0.905. The van der Waals surface area contributed by atoms with E-state index in [1.54, 1.807) is 4.90 Å². The Morgan fingerprint density at radius 2 is 1.85 bits per heavy atom. The predicted octanol–water partition coefficient (Wildman–Crippen LogP) is 2.70. The van der Waals surface area contributed by atoms with Crippen LogP contribution in [0.25, 0.3) is 11.1 Å². The number of aliphatic hydroxyl groups is 1. The van der Waals surface area contributed by atoms with Crippen molar-refractivity contribution in [2.45, 2.75) is 31.9 Å². The molecule has 1 aliphatic carbocycles. The Kier molecular flexibility index (Phi) is 4.81. The zero-order valence-corrected chi connectivity index (χ0v) is 15.4. The molecule has 0 bridgehead atoms. The van der Waals surface area contributed by atoms with Gasteiger partial charge in [0.2, 0.25) is 0 Å². The average Bonchev–Trinajstić information content (AvgIpc) is 3.28. The Hall–Kier alpha value is -2.50. The molecule has 1 saturated heterocycles. The maximum absolute atomic E-state index is 12.9. The highest BCUT2D eigenvalue weighted by atomic mass is 16.5. The van der Waals surface area contributed by atoms with Crippen LogP contribution in [0.1, 0.15) is 39.6 Å². The highest BCUT2D eigenvalue weighted by molar-refractivity contribution is 6.01. The minimum absolute atomic E-state index is 0.0989. The standard InChI is InChI=1S/C22H23NO4/c1-2-23(19-12-27-13-21(19)25)22(26)15-5-3-14(4-6-15)16-7-9-18-17(11-16)8-10-20(18)24/h3-7,9,11,19,21,25H,2,8,10,12-13H2,1H3/t19-,21-/m0/s1. The zero-order chi connectivity index (χ0) is 19.0. The van der Waals surface area contributed by atoms with Crippen LogP contribution in [0.5, 0.6) is 0 Å². The number of likely N-dealkylation sites (N-methyl/N-ethyl adjacent to an activating group) is 1. The Balaban J connectivity index is 1.55. The van der Waals surface area contributed by atoms with Crippen molar-refractivity contribution in [3.05, 3.63) is 59.2 Å². The van der Waals surface area contributed by atoms with E-state index in [2.05, 4.69) is 6.07 Å². The second-order valence-electron chi connectivity index (χ2n) is 7.14. The molecule has 1 heterocycles. The van der Waals surface area contributed by atoms with Crippen molar-refractivity contribution >= 4 is 11.7 Å². The number of hydrogen-bond acceptors (Lipinski definition) is 4. The predicted molar refractivity (Wildman–Crippen MR) is 102 cm³/mol. The fraction of sp³-hybridized carbons (Fsp3) is 0.364. The number of amides is 1. The molecule has 2 aromatic carbocycles. The van der Waals surface area contributed by atoms with Crippen LogP contribution in [-0.4, -0.2) is 53.6 Å². The second-order valence-corrected chi connectivity index (χ2v) is 7.14. The normalized spacial score (nSPS) is 21.3. The van der Waals surface area contributed by atoms with Crippen molar-refractivity contribution in [1.29, 1.82) is 0 Å². The topological polar surface area (TPSA) is 66.8 Å². The molecule has 5 nitrogen and oxygen atoms in total. The fourth-order valence-corrected chi connectivity index (χ4v) is 3.96. The van der Waals surface area contributed by atoms with Gasteiger partial charge >= 0.3 is 0 Å². The molecule has 2 aliphatic rings. The van der Waals surface area contributed by atoms with E-state index in [0.29, 0.717) is 25.1 Å². The van der Waals surface area contributed by atoms with Gasteiger partial charge in [0.25, 0.3) is 5.91 Å². The third-order valence-corrected chi connectivity index (χ3v) is 5.52. The van der Waals surface area contributed by atoms with Crippen molar-refractivity contribution in [1.82, 2.24) is 4.90 Å². The number of ketones is 1.